The summed E-state index contributed by atoms with van der Waals surface area (Å²) < 4.78 is 28.6. The SMILES string of the molecule is C=C1CC[C@H](OC(C)=O)[C@]2(C)[C@@H](OC(C)=O)/C=C/[C@@]3(CO3)[C@H](Cl)[C@@H]3OC(=O)[C@H](C)[C@@]3(O)[C@@H](OC(C)=O)[C@@H]12. The predicted octanol–water partition coefficient (Wildman–Crippen LogP) is 1.99. The Balaban J connectivity index is 2.03. The molecule has 204 valence electrons. The van der Waals surface area contributed by atoms with Crippen LogP contribution in [0.5, 0.6) is 0 Å². The highest BCUT2D eigenvalue weighted by molar-refractivity contribution is 6.22. The van der Waals surface area contributed by atoms with Gasteiger partial charge in [0.1, 0.15) is 29.3 Å². The minimum absolute atomic E-state index is 0.154. The Labute approximate surface area is 220 Å². The quantitative estimate of drug-likeness (QED) is 0.186. The Bertz CT molecular complexity index is 1050. The van der Waals surface area contributed by atoms with E-state index in [1.54, 1.807) is 19.1 Å². The Morgan fingerprint density at radius 2 is 1.73 bits per heavy atom. The number of rotatable bonds is 3. The number of aliphatic hydroxyl groups is 1. The Kier molecular flexibility index (Phi) is 7.01. The van der Waals surface area contributed by atoms with E-state index < -0.39 is 82.1 Å². The molecule has 2 saturated heterocycles. The van der Waals surface area contributed by atoms with Crippen LogP contribution in [0.25, 0.3) is 0 Å². The average Bonchev–Trinajstić information content (AvgIpc) is 3.55. The van der Waals surface area contributed by atoms with Crippen LogP contribution in [0.2, 0.25) is 0 Å². The number of alkyl halides is 1. The Morgan fingerprint density at radius 3 is 2.27 bits per heavy atom. The van der Waals surface area contributed by atoms with Gasteiger partial charge in [0.2, 0.25) is 0 Å². The average molecular weight is 541 g/mol. The molecule has 10 nitrogen and oxygen atoms in total. The maximum Gasteiger partial charge on any atom is 0.312 e. The predicted molar refractivity (Wildman–Crippen MR) is 128 cm³/mol. The minimum Gasteiger partial charge on any atom is -0.462 e. The molecule has 2 heterocycles. The molecule has 2 aliphatic carbocycles. The fraction of sp³-hybridized carbons (Fsp3) is 0.692. The second-order valence-corrected chi connectivity index (χ2v) is 11.1. The second kappa shape index (κ2) is 9.39. The molecule has 2 aliphatic heterocycles. The zero-order valence-electron chi connectivity index (χ0n) is 21.5. The number of hydrogen-bond donors (Lipinski definition) is 1. The van der Waals surface area contributed by atoms with Crippen LogP contribution in [0.1, 0.15) is 47.5 Å². The van der Waals surface area contributed by atoms with Crippen molar-refractivity contribution in [1.29, 1.82) is 0 Å². The van der Waals surface area contributed by atoms with Crippen molar-refractivity contribution < 1.29 is 48.0 Å². The van der Waals surface area contributed by atoms with E-state index in [2.05, 4.69) is 6.58 Å². The second-order valence-electron chi connectivity index (χ2n) is 10.7. The van der Waals surface area contributed by atoms with Gasteiger partial charge >= 0.3 is 23.9 Å². The van der Waals surface area contributed by atoms with Crippen molar-refractivity contribution in [3.05, 3.63) is 24.3 Å². The molecule has 37 heavy (non-hydrogen) atoms. The highest BCUT2D eigenvalue weighted by atomic mass is 35.5. The first-order valence-electron chi connectivity index (χ1n) is 12.3. The van der Waals surface area contributed by atoms with Crippen molar-refractivity contribution in [2.45, 2.75) is 88.5 Å². The van der Waals surface area contributed by atoms with Crippen LogP contribution in [0.15, 0.2) is 24.3 Å². The molecule has 0 aromatic heterocycles. The summed E-state index contributed by atoms with van der Waals surface area (Å²) in [4.78, 5) is 49.8. The van der Waals surface area contributed by atoms with Gasteiger partial charge in [0.25, 0.3) is 0 Å². The number of carbonyl (C=O) groups is 4. The lowest BCUT2D eigenvalue weighted by Crippen LogP contribution is -2.67. The van der Waals surface area contributed by atoms with Crippen LogP contribution in [0.3, 0.4) is 0 Å². The third-order valence-electron chi connectivity index (χ3n) is 8.31. The molecule has 0 aromatic carbocycles. The highest BCUT2D eigenvalue weighted by Crippen LogP contribution is 2.57. The molecule has 10 atom stereocenters. The number of fused-ring (bicyclic) bond motifs is 2. The van der Waals surface area contributed by atoms with Crippen molar-refractivity contribution in [2.75, 3.05) is 6.61 Å². The van der Waals surface area contributed by atoms with Gasteiger partial charge in [-0.25, -0.2) is 0 Å². The third kappa shape index (κ3) is 4.36. The number of carbonyl (C=O) groups excluding carboxylic acids is 4. The zero-order chi connectivity index (χ0) is 27.5. The molecular weight excluding hydrogens is 508 g/mol. The molecule has 0 aromatic rings. The standard InChI is InChI=1S/C26H33ClO10/c1-12-7-8-17(34-14(3)28)24(6)18(35-15(4)29)9-10-25(11-33-25)20(27)22-26(32,13(2)23(31)37-22)21(19(12)24)36-16(5)30/h9-10,13,17-22,32H,1,7-8,11H2,2-6H3/b10-9+/t13-,17-,18-,19+,20+,21-,22-,24+,25+,26+/m0/s1. The molecular formula is C26H33ClO10. The van der Waals surface area contributed by atoms with Crippen LogP contribution in [0, 0.1) is 17.3 Å². The highest BCUT2D eigenvalue weighted by Gasteiger charge is 2.72. The third-order valence-corrected chi connectivity index (χ3v) is 8.90. The van der Waals surface area contributed by atoms with Gasteiger partial charge in [-0.2, -0.15) is 0 Å². The molecule has 1 saturated carbocycles. The maximum atomic E-state index is 12.9. The summed E-state index contributed by atoms with van der Waals surface area (Å²) in [6.07, 6.45) is -0.658. The van der Waals surface area contributed by atoms with E-state index in [1.807, 2.05) is 0 Å². The summed E-state index contributed by atoms with van der Waals surface area (Å²) in [5.41, 5.74) is -3.99. The van der Waals surface area contributed by atoms with Gasteiger partial charge < -0.3 is 28.8 Å². The smallest absolute Gasteiger partial charge is 0.312 e. The largest absolute Gasteiger partial charge is 0.462 e. The number of halogens is 1. The molecule has 0 unspecified atom stereocenters. The van der Waals surface area contributed by atoms with Crippen LogP contribution < -0.4 is 0 Å². The molecule has 1 N–H and O–H groups in total. The lowest BCUT2D eigenvalue weighted by Gasteiger charge is -2.55. The fourth-order valence-electron chi connectivity index (χ4n) is 6.27. The van der Waals surface area contributed by atoms with Gasteiger partial charge in [-0.05, 0) is 31.9 Å². The topological polar surface area (TPSA) is 138 Å². The van der Waals surface area contributed by atoms with Crippen molar-refractivity contribution >= 4 is 35.5 Å². The van der Waals surface area contributed by atoms with E-state index in [0.29, 0.717) is 18.4 Å². The molecule has 0 bridgehead atoms. The lowest BCUT2D eigenvalue weighted by molar-refractivity contribution is -0.218. The summed E-state index contributed by atoms with van der Waals surface area (Å²) in [5.74, 6) is -4.70. The molecule has 1 spiro atoms. The number of ether oxygens (including phenoxy) is 5. The van der Waals surface area contributed by atoms with Gasteiger partial charge in [-0.15, -0.1) is 11.6 Å². The summed E-state index contributed by atoms with van der Waals surface area (Å²) in [6, 6.07) is 0. The summed E-state index contributed by atoms with van der Waals surface area (Å²) in [5, 5.41) is 11.3. The molecule has 4 rings (SSSR count). The van der Waals surface area contributed by atoms with Crippen LogP contribution >= 0.6 is 11.6 Å². The molecule has 0 amide bonds. The van der Waals surface area contributed by atoms with E-state index in [9.17, 15) is 24.3 Å². The first-order chi connectivity index (χ1) is 17.2. The molecule has 11 heteroatoms. The minimum atomic E-state index is -2.12. The first-order valence-corrected chi connectivity index (χ1v) is 12.7. The van der Waals surface area contributed by atoms with Crippen molar-refractivity contribution in [1.82, 2.24) is 0 Å². The van der Waals surface area contributed by atoms with E-state index in [0.717, 1.165) is 0 Å². The van der Waals surface area contributed by atoms with Gasteiger partial charge in [-0.3, -0.25) is 19.2 Å². The monoisotopic (exact) mass is 540 g/mol. The van der Waals surface area contributed by atoms with Crippen molar-refractivity contribution in [2.24, 2.45) is 17.3 Å². The Hall–Kier alpha value is -2.43. The number of hydrogen-bond acceptors (Lipinski definition) is 10. The summed E-state index contributed by atoms with van der Waals surface area (Å²) in [6.45, 7) is 11.3. The molecule has 3 fully saturated rings. The van der Waals surface area contributed by atoms with E-state index >= 15 is 0 Å². The van der Waals surface area contributed by atoms with Crippen molar-refractivity contribution in [3.63, 3.8) is 0 Å². The fourth-order valence-corrected chi connectivity index (χ4v) is 6.72. The normalized spacial score (nSPS) is 45.6. The molecule has 0 radical (unpaired) electrons. The lowest BCUT2D eigenvalue weighted by atomic mass is 9.55. The van der Waals surface area contributed by atoms with Gasteiger partial charge in [0.15, 0.2) is 11.7 Å². The van der Waals surface area contributed by atoms with Gasteiger partial charge in [0.05, 0.1) is 17.9 Å². The van der Waals surface area contributed by atoms with Gasteiger partial charge in [-0.1, -0.05) is 19.1 Å². The van der Waals surface area contributed by atoms with E-state index in [-0.39, 0.29) is 6.61 Å². The van der Waals surface area contributed by atoms with Crippen LogP contribution in [-0.2, 0) is 42.9 Å². The van der Waals surface area contributed by atoms with E-state index in [4.69, 9.17) is 35.3 Å². The molecule has 4 aliphatic rings. The van der Waals surface area contributed by atoms with E-state index in [1.165, 1.54) is 27.7 Å². The number of esters is 4. The zero-order valence-corrected chi connectivity index (χ0v) is 22.3. The number of epoxide rings is 1. The summed E-state index contributed by atoms with van der Waals surface area (Å²) in [7, 11) is 0. The summed E-state index contributed by atoms with van der Waals surface area (Å²) >= 11 is 6.84. The van der Waals surface area contributed by atoms with Crippen LogP contribution in [0.4, 0.5) is 0 Å². The maximum absolute atomic E-state index is 12.9. The Morgan fingerprint density at radius 1 is 1.14 bits per heavy atom. The van der Waals surface area contributed by atoms with Crippen LogP contribution in [-0.4, -0.2) is 76.6 Å². The van der Waals surface area contributed by atoms with Crippen molar-refractivity contribution in [3.8, 4) is 0 Å². The van der Waals surface area contributed by atoms with Gasteiger partial charge in [0, 0.05) is 26.7 Å². The first kappa shape index (κ1) is 27.6.